The van der Waals surface area contributed by atoms with Gasteiger partial charge < -0.3 is 9.38 Å². The van der Waals surface area contributed by atoms with Crippen LogP contribution in [0.4, 0.5) is 11.4 Å². The lowest BCUT2D eigenvalue weighted by Crippen LogP contribution is -2.45. The molecule has 3 rings (SSSR count). The van der Waals surface area contributed by atoms with Gasteiger partial charge in [-0.15, -0.1) is 0 Å². The summed E-state index contributed by atoms with van der Waals surface area (Å²) in [7, 11) is 2.37. The monoisotopic (exact) mass is 327 g/mol. The number of benzene rings is 2. The number of rotatable bonds is 6. The van der Waals surface area contributed by atoms with Crippen LogP contribution in [0.25, 0.3) is 0 Å². The van der Waals surface area contributed by atoms with Crippen LogP contribution in [-0.2, 0) is 0 Å². The highest BCUT2D eigenvalue weighted by atomic mass is 32.2. The topological polar surface area (TPSA) is 3.24 Å². The van der Waals surface area contributed by atoms with Crippen molar-refractivity contribution in [3.05, 3.63) is 48.5 Å². The Morgan fingerprint density at radius 1 is 0.870 bits per heavy atom. The third kappa shape index (κ3) is 3.41. The van der Waals surface area contributed by atoms with E-state index in [1.165, 1.54) is 47.2 Å². The fourth-order valence-corrected chi connectivity index (χ4v) is 4.27. The average Bonchev–Trinajstić information content (AvgIpc) is 2.61. The van der Waals surface area contributed by atoms with Gasteiger partial charge in [-0.05, 0) is 38.1 Å². The summed E-state index contributed by atoms with van der Waals surface area (Å²) in [6.45, 7) is 9.33. The van der Waals surface area contributed by atoms with E-state index in [0.29, 0.717) is 0 Å². The summed E-state index contributed by atoms with van der Waals surface area (Å²) in [6.07, 6.45) is 1.21. The number of anilines is 2. The third-order valence-electron chi connectivity index (χ3n) is 5.14. The van der Waals surface area contributed by atoms with Crippen LogP contribution in [0.1, 0.15) is 20.3 Å². The molecule has 1 aliphatic heterocycles. The molecule has 0 aromatic heterocycles. The Kier molecular flexibility index (Phi) is 4.98. The smallest absolute Gasteiger partial charge is 0.0801 e. The average molecular weight is 328 g/mol. The van der Waals surface area contributed by atoms with Gasteiger partial charge in [-0.25, -0.2) is 0 Å². The van der Waals surface area contributed by atoms with Gasteiger partial charge in [-0.1, -0.05) is 36.0 Å². The fourth-order valence-electron chi connectivity index (χ4n) is 3.17. The summed E-state index contributed by atoms with van der Waals surface area (Å²) in [5.41, 5.74) is 2.72. The van der Waals surface area contributed by atoms with Gasteiger partial charge in [0, 0.05) is 22.8 Å². The van der Waals surface area contributed by atoms with Crippen molar-refractivity contribution in [2.24, 2.45) is 0 Å². The predicted molar refractivity (Wildman–Crippen MR) is 101 cm³/mol. The second-order valence-electron chi connectivity index (χ2n) is 6.52. The summed E-state index contributed by atoms with van der Waals surface area (Å²) in [5, 5.41) is 0. The van der Waals surface area contributed by atoms with Gasteiger partial charge in [0.15, 0.2) is 0 Å². The summed E-state index contributed by atoms with van der Waals surface area (Å²) < 4.78 is 1.16. The summed E-state index contributed by atoms with van der Waals surface area (Å²) in [4.78, 5) is 5.25. The Hall–Kier alpha value is -1.45. The largest absolute Gasteiger partial charge is 0.339 e. The zero-order chi connectivity index (χ0) is 16.3. The highest BCUT2D eigenvalue weighted by Crippen LogP contribution is 2.47. The molecule has 23 heavy (non-hydrogen) atoms. The molecule has 0 radical (unpaired) electrons. The molecule has 0 atom stereocenters. The maximum absolute atomic E-state index is 2.51. The van der Waals surface area contributed by atoms with Gasteiger partial charge in [-0.3, -0.25) is 0 Å². The molecule has 0 spiro atoms. The summed E-state index contributed by atoms with van der Waals surface area (Å²) in [6, 6.07) is 17.6. The van der Waals surface area contributed by atoms with Crippen molar-refractivity contribution < 1.29 is 4.48 Å². The van der Waals surface area contributed by atoms with Crippen LogP contribution in [0.5, 0.6) is 0 Å². The molecule has 0 saturated carbocycles. The zero-order valence-corrected chi connectivity index (χ0v) is 15.3. The van der Waals surface area contributed by atoms with Crippen LogP contribution in [0.2, 0.25) is 0 Å². The van der Waals surface area contributed by atoms with E-state index in [9.17, 15) is 0 Å². The molecule has 0 bridgehead atoms. The molecule has 3 heteroatoms. The van der Waals surface area contributed by atoms with Crippen LogP contribution in [0.15, 0.2) is 58.3 Å². The first kappa shape index (κ1) is 16.4. The number of nitrogens with zero attached hydrogens (tertiary/aromatic N) is 2. The minimum atomic E-state index is 1.09. The van der Waals surface area contributed by atoms with Gasteiger partial charge in [0.25, 0.3) is 0 Å². The predicted octanol–water partition coefficient (Wildman–Crippen LogP) is 5.17. The first-order chi connectivity index (χ1) is 11.2. The Morgan fingerprint density at radius 2 is 1.39 bits per heavy atom. The van der Waals surface area contributed by atoms with E-state index in [4.69, 9.17) is 0 Å². The molecule has 0 N–H and O–H groups in total. The second kappa shape index (κ2) is 6.98. The van der Waals surface area contributed by atoms with Gasteiger partial charge in [0.1, 0.15) is 0 Å². The van der Waals surface area contributed by atoms with E-state index >= 15 is 0 Å². The van der Waals surface area contributed by atoms with Gasteiger partial charge in [-0.2, -0.15) is 0 Å². The van der Waals surface area contributed by atoms with Crippen molar-refractivity contribution in [3.63, 3.8) is 0 Å². The highest BCUT2D eigenvalue weighted by molar-refractivity contribution is 7.99. The van der Waals surface area contributed by atoms with E-state index < -0.39 is 0 Å². The lowest BCUT2D eigenvalue weighted by Gasteiger charge is -2.35. The van der Waals surface area contributed by atoms with Crippen molar-refractivity contribution >= 4 is 23.1 Å². The Labute approximate surface area is 144 Å². The Balaban J connectivity index is 1.81. The number of quaternary nitrogens is 1. The van der Waals surface area contributed by atoms with Crippen LogP contribution in [-0.4, -0.2) is 37.7 Å². The highest BCUT2D eigenvalue weighted by Gasteiger charge is 2.23. The molecule has 2 nitrogen and oxygen atoms in total. The Morgan fingerprint density at radius 3 is 1.91 bits per heavy atom. The molecule has 122 valence electrons. The lowest BCUT2D eigenvalue weighted by molar-refractivity contribution is -0.906. The lowest BCUT2D eigenvalue weighted by atomic mass is 10.2. The molecular weight excluding hydrogens is 300 g/mol. The third-order valence-corrected chi connectivity index (χ3v) is 6.27. The maximum atomic E-state index is 2.51. The first-order valence-electron chi connectivity index (χ1n) is 8.64. The number of hydrogen-bond acceptors (Lipinski definition) is 2. The fraction of sp³-hybridized carbons (Fsp3) is 0.400. The second-order valence-corrected chi connectivity index (χ2v) is 7.60. The van der Waals surface area contributed by atoms with Crippen LogP contribution >= 0.6 is 11.8 Å². The van der Waals surface area contributed by atoms with Gasteiger partial charge >= 0.3 is 0 Å². The van der Waals surface area contributed by atoms with Crippen molar-refractivity contribution in [1.82, 2.24) is 0 Å². The van der Waals surface area contributed by atoms with Crippen molar-refractivity contribution in [3.8, 4) is 0 Å². The first-order valence-corrected chi connectivity index (χ1v) is 9.45. The molecule has 2 aromatic carbocycles. The molecule has 0 saturated heterocycles. The molecule has 1 aliphatic rings. The quantitative estimate of drug-likeness (QED) is 0.674. The van der Waals surface area contributed by atoms with E-state index in [0.717, 1.165) is 11.0 Å². The van der Waals surface area contributed by atoms with Gasteiger partial charge in [0.2, 0.25) is 0 Å². The standard InChI is InChI=1S/C20H27N2S/c1-4-22(3,5-2)16-10-15-21-17-11-6-8-13-19(17)23-20-14-9-7-12-18(20)21/h6-9,11-14H,4-5,10,15-16H2,1-3H3/q+1. The van der Waals surface area contributed by atoms with E-state index in [2.05, 4.69) is 74.3 Å². The minimum Gasteiger partial charge on any atom is -0.339 e. The van der Waals surface area contributed by atoms with Crippen LogP contribution in [0.3, 0.4) is 0 Å². The molecule has 1 heterocycles. The molecule has 0 unspecified atom stereocenters. The molecule has 2 aromatic rings. The zero-order valence-electron chi connectivity index (χ0n) is 14.5. The molecule has 0 aliphatic carbocycles. The van der Waals surface area contributed by atoms with Crippen molar-refractivity contribution in [2.45, 2.75) is 30.1 Å². The number of hydrogen-bond donors (Lipinski definition) is 0. The van der Waals surface area contributed by atoms with E-state index in [1.54, 1.807) is 0 Å². The molecule has 0 fully saturated rings. The minimum absolute atomic E-state index is 1.09. The number of fused-ring (bicyclic) bond motifs is 2. The molecular formula is C20H27N2S+. The van der Waals surface area contributed by atoms with Crippen molar-refractivity contribution in [2.75, 3.05) is 38.1 Å². The van der Waals surface area contributed by atoms with E-state index in [1.807, 2.05) is 11.8 Å². The Bertz CT molecular complexity index is 619. The van der Waals surface area contributed by atoms with Crippen LogP contribution in [0, 0.1) is 0 Å². The van der Waals surface area contributed by atoms with Gasteiger partial charge in [0.05, 0.1) is 38.1 Å². The SMILES string of the molecule is CC[N+](C)(CC)CCCN1c2ccccc2Sc2ccccc21. The van der Waals surface area contributed by atoms with Crippen LogP contribution < -0.4 is 4.90 Å². The normalized spacial score (nSPS) is 13.6. The number of para-hydroxylation sites is 2. The summed E-state index contributed by atoms with van der Waals surface area (Å²) in [5.74, 6) is 0. The van der Waals surface area contributed by atoms with E-state index in [-0.39, 0.29) is 0 Å². The van der Waals surface area contributed by atoms with Crippen molar-refractivity contribution in [1.29, 1.82) is 0 Å². The summed E-state index contributed by atoms with van der Waals surface area (Å²) >= 11 is 1.89. The molecule has 0 amide bonds. The maximum Gasteiger partial charge on any atom is 0.0801 e.